The van der Waals surface area contributed by atoms with Gasteiger partial charge in [-0.25, -0.2) is 4.39 Å². The highest BCUT2D eigenvalue weighted by molar-refractivity contribution is 6.07. The molecule has 1 aliphatic rings. The van der Waals surface area contributed by atoms with Gasteiger partial charge in [-0.3, -0.25) is 9.59 Å². The minimum absolute atomic E-state index is 0.0766. The average molecular weight is 320 g/mol. The Labute approximate surface area is 137 Å². The fourth-order valence-corrected chi connectivity index (χ4v) is 2.81. The van der Waals surface area contributed by atoms with Gasteiger partial charge in [-0.05, 0) is 31.7 Å². The van der Waals surface area contributed by atoms with Gasteiger partial charge in [-0.1, -0.05) is 32.0 Å². The number of carbonyl (C=O) groups is 2. The maximum atomic E-state index is 13.6. The number of amides is 2. The van der Waals surface area contributed by atoms with Gasteiger partial charge in [0.2, 0.25) is 11.8 Å². The first kappa shape index (κ1) is 17.4. The Morgan fingerprint density at radius 3 is 2.30 bits per heavy atom. The lowest BCUT2D eigenvalue weighted by Gasteiger charge is -2.26. The zero-order valence-electron chi connectivity index (χ0n) is 13.9. The largest absolute Gasteiger partial charge is 0.351 e. The van der Waals surface area contributed by atoms with E-state index < -0.39 is 5.41 Å². The SMILES string of the molecule is CCCN(CCC)C(=O)C1(C(=O)NCc2ccccc2F)CC1. The molecular weight excluding hydrogens is 295 g/mol. The van der Waals surface area contributed by atoms with Crippen LogP contribution in [0.2, 0.25) is 0 Å². The molecule has 5 heteroatoms. The van der Waals surface area contributed by atoms with Crippen LogP contribution in [-0.4, -0.2) is 29.8 Å². The molecule has 126 valence electrons. The Bertz CT molecular complexity index is 564. The number of hydrogen-bond donors (Lipinski definition) is 1. The minimum atomic E-state index is -0.921. The fraction of sp³-hybridized carbons (Fsp3) is 0.556. The second kappa shape index (κ2) is 7.57. The quantitative estimate of drug-likeness (QED) is 0.749. The van der Waals surface area contributed by atoms with E-state index in [9.17, 15) is 14.0 Å². The zero-order chi connectivity index (χ0) is 16.9. The van der Waals surface area contributed by atoms with Crippen LogP contribution in [0.5, 0.6) is 0 Å². The average Bonchev–Trinajstić information content (AvgIpc) is 3.35. The van der Waals surface area contributed by atoms with Crippen molar-refractivity contribution in [2.24, 2.45) is 5.41 Å². The van der Waals surface area contributed by atoms with Crippen molar-refractivity contribution < 1.29 is 14.0 Å². The molecule has 4 nitrogen and oxygen atoms in total. The predicted molar refractivity (Wildman–Crippen MR) is 87.1 cm³/mol. The molecule has 1 aromatic carbocycles. The zero-order valence-corrected chi connectivity index (χ0v) is 13.9. The Morgan fingerprint density at radius 2 is 1.78 bits per heavy atom. The molecule has 2 rings (SSSR count). The molecule has 2 amide bonds. The lowest BCUT2D eigenvalue weighted by atomic mass is 10.0. The van der Waals surface area contributed by atoms with Crippen LogP contribution in [0.25, 0.3) is 0 Å². The monoisotopic (exact) mass is 320 g/mol. The topological polar surface area (TPSA) is 49.4 Å². The van der Waals surface area contributed by atoms with Gasteiger partial charge in [0.15, 0.2) is 0 Å². The molecule has 1 aromatic rings. The Balaban J connectivity index is 2.00. The van der Waals surface area contributed by atoms with E-state index in [-0.39, 0.29) is 24.2 Å². The molecule has 0 spiro atoms. The van der Waals surface area contributed by atoms with Gasteiger partial charge in [-0.2, -0.15) is 0 Å². The minimum Gasteiger partial charge on any atom is -0.351 e. The standard InChI is InChI=1S/C18H25FN2O2/c1-3-11-21(12-4-2)17(23)18(9-10-18)16(22)20-13-14-7-5-6-8-15(14)19/h5-8H,3-4,9-13H2,1-2H3,(H,20,22). The van der Waals surface area contributed by atoms with E-state index in [4.69, 9.17) is 0 Å². The predicted octanol–water partition coefficient (Wildman–Crippen LogP) is 2.87. The first-order valence-electron chi connectivity index (χ1n) is 8.36. The van der Waals surface area contributed by atoms with E-state index in [0.717, 1.165) is 12.8 Å². The smallest absolute Gasteiger partial charge is 0.238 e. The number of nitrogens with zero attached hydrogens (tertiary/aromatic N) is 1. The molecule has 1 saturated carbocycles. The van der Waals surface area contributed by atoms with Crippen LogP contribution >= 0.6 is 0 Å². The van der Waals surface area contributed by atoms with Gasteiger partial charge in [0.25, 0.3) is 0 Å². The Morgan fingerprint density at radius 1 is 1.17 bits per heavy atom. The Hall–Kier alpha value is -1.91. The molecule has 1 N–H and O–H groups in total. The lowest BCUT2D eigenvalue weighted by Crippen LogP contribution is -2.45. The molecule has 0 aliphatic heterocycles. The number of nitrogens with one attached hydrogen (secondary N) is 1. The second-order valence-electron chi connectivity index (χ2n) is 6.15. The van der Waals surface area contributed by atoms with E-state index >= 15 is 0 Å². The van der Waals surface area contributed by atoms with Crippen LogP contribution in [0.15, 0.2) is 24.3 Å². The van der Waals surface area contributed by atoms with Gasteiger partial charge in [0, 0.05) is 25.2 Å². The third kappa shape index (κ3) is 3.89. The maximum absolute atomic E-state index is 13.6. The number of carbonyl (C=O) groups excluding carboxylic acids is 2. The van der Waals surface area contributed by atoms with Crippen LogP contribution in [-0.2, 0) is 16.1 Å². The summed E-state index contributed by atoms with van der Waals surface area (Å²) >= 11 is 0. The molecule has 0 saturated heterocycles. The summed E-state index contributed by atoms with van der Waals surface area (Å²) < 4.78 is 13.6. The van der Waals surface area contributed by atoms with Crippen molar-refractivity contribution >= 4 is 11.8 Å². The molecule has 23 heavy (non-hydrogen) atoms. The second-order valence-corrected chi connectivity index (χ2v) is 6.15. The number of benzene rings is 1. The van der Waals surface area contributed by atoms with Crippen LogP contribution in [0.3, 0.4) is 0 Å². The number of hydrogen-bond acceptors (Lipinski definition) is 2. The molecule has 0 aromatic heterocycles. The van der Waals surface area contributed by atoms with Crippen LogP contribution in [0, 0.1) is 11.2 Å². The van der Waals surface area contributed by atoms with Crippen molar-refractivity contribution in [3.8, 4) is 0 Å². The third-order valence-electron chi connectivity index (χ3n) is 4.27. The first-order valence-corrected chi connectivity index (χ1v) is 8.36. The number of halogens is 1. The van der Waals surface area contributed by atoms with Crippen molar-refractivity contribution in [3.63, 3.8) is 0 Å². The van der Waals surface area contributed by atoms with E-state index in [2.05, 4.69) is 5.32 Å². The summed E-state index contributed by atoms with van der Waals surface area (Å²) in [5.74, 6) is -0.697. The van der Waals surface area contributed by atoms with E-state index in [1.54, 1.807) is 23.1 Å². The van der Waals surface area contributed by atoms with Crippen molar-refractivity contribution in [1.29, 1.82) is 0 Å². The molecule has 1 aliphatic carbocycles. The molecule has 0 heterocycles. The van der Waals surface area contributed by atoms with Gasteiger partial charge in [0.05, 0.1) is 0 Å². The van der Waals surface area contributed by atoms with Crippen LogP contribution in [0.4, 0.5) is 4.39 Å². The highest BCUT2D eigenvalue weighted by Gasteiger charge is 2.57. The normalized spacial score (nSPS) is 15.1. The highest BCUT2D eigenvalue weighted by Crippen LogP contribution is 2.47. The number of rotatable bonds is 8. The van der Waals surface area contributed by atoms with Crippen molar-refractivity contribution in [3.05, 3.63) is 35.6 Å². The van der Waals surface area contributed by atoms with Crippen molar-refractivity contribution in [1.82, 2.24) is 10.2 Å². The molecular formula is C18H25FN2O2. The van der Waals surface area contributed by atoms with Gasteiger partial charge < -0.3 is 10.2 Å². The first-order chi connectivity index (χ1) is 11.0. The van der Waals surface area contributed by atoms with Gasteiger partial charge in [0.1, 0.15) is 11.2 Å². The van der Waals surface area contributed by atoms with Gasteiger partial charge >= 0.3 is 0 Å². The van der Waals surface area contributed by atoms with E-state index in [1.165, 1.54) is 6.07 Å². The van der Waals surface area contributed by atoms with E-state index in [1.807, 2.05) is 13.8 Å². The molecule has 1 fully saturated rings. The summed E-state index contributed by atoms with van der Waals surface area (Å²) in [4.78, 5) is 27.0. The fourth-order valence-electron chi connectivity index (χ4n) is 2.81. The van der Waals surface area contributed by atoms with Crippen molar-refractivity contribution in [2.75, 3.05) is 13.1 Å². The molecule has 0 unspecified atom stereocenters. The summed E-state index contributed by atoms with van der Waals surface area (Å²) in [6, 6.07) is 6.34. The summed E-state index contributed by atoms with van der Waals surface area (Å²) in [6.45, 7) is 5.51. The lowest BCUT2D eigenvalue weighted by molar-refractivity contribution is -0.144. The third-order valence-corrected chi connectivity index (χ3v) is 4.27. The summed E-state index contributed by atoms with van der Waals surface area (Å²) in [5, 5.41) is 2.74. The van der Waals surface area contributed by atoms with Gasteiger partial charge in [-0.15, -0.1) is 0 Å². The Kier molecular flexibility index (Phi) is 5.74. The van der Waals surface area contributed by atoms with Crippen LogP contribution in [0.1, 0.15) is 45.1 Å². The van der Waals surface area contributed by atoms with Crippen molar-refractivity contribution in [2.45, 2.75) is 46.1 Å². The van der Waals surface area contributed by atoms with E-state index in [0.29, 0.717) is 31.5 Å². The summed E-state index contributed by atoms with van der Waals surface area (Å²) in [7, 11) is 0. The molecule has 0 radical (unpaired) electrons. The highest BCUT2D eigenvalue weighted by atomic mass is 19.1. The maximum Gasteiger partial charge on any atom is 0.238 e. The summed E-state index contributed by atoms with van der Waals surface area (Å²) in [6.07, 6.45) is 2.91. The van der Waals surface area contributed by atoms with Crippen LogP contribution < -0.4 is 5.32 Å². The molecule has 0 atom stereocenters. The summed E-state index contributed by atoms with van der Waals surface area (Å²) in [5.41, 5.74) is -0.488. The molecule has 0 bridgehead atoms.